The van der Waals surface area contributed by atoms with Crippen LogP contribution in [0.1, 0.15) is 18.3 Å². The molecule has 0 saturated carbocycles. The SMILES string of the molecule is CCc1c(CO)nnn1CCOc1ccc(OC)cc1. The highest BCUT2D eigenvalue weighted by Crippen LogP contribution is 2.17. The molecular weight excluding hydrogens is 258 g/mol. The predicted molar refractivity (Wildman–Crippen MR) is 73.8 cm³/mol. The summed E-state index contributed by atoms with van der Waals surface area (Å²) in [5.41, 5.74) is 1.59. The number of benzene rings is 1. The first kappa shape index (κ1) is 14.3. The van der Waals surface area contributed by atoms with E-state index in [1.165, 1.54) is 0 Å². The minimum Gasteiger partial charge on any atom is -0.497 e. The van der Waals surface area contributed by atoms with Gasteiger partial charge in [-0.2, -0.15) is 0 Å². The van der Waals surface area contributed by atoms with Gasteiger partial charge in [0.2, 0.25) is 0 Å². The third-order valence-corrected chi connectivity index (χ3v) is 3.03. The zero-order valence-corrected chi connectivity index (χ0v) is 11.7. The van der Waals surface area contributed by atoms with E-state index < -0.39 is 0 Å². The Balaban J connectivity index is 1.90. The number of hydrogen-bond donors (Lipinski definition) is 1. The summed E-state index contributed by atoms with van der Waals surface area (Å²) in [6.07, 6.45) is 0.783. The smallest absolute Gasteiger partial charge is 0.119 e. The van der Waals surface area contributed by atoms with E-state index in [0.717, 1.165) is 23.6 Å². The first-order valence-corrected chi connectivity index (χ1v) is 6.57. The van der Waals surface area contributed by atoms with E-state index >= 15 is 0 Å². The number of hydrogen-bond acceptors (Lipinski definition) is 5. The van der Waals surface area contributed by atoms with Crippen molar-refractivity contribution < 1.29 is 14.6 Å². The summed E-state index contributed by atoms with van der Waals surface area (Å²) in [4.78, 5) is 0. The summed E-state index contributed by atoms with van der Waals surface area (Å²) in [7, 11) is 1.63. The van der Waals surface area contributed by atoms with Crippen LogP contribution in [0.15, 0.2) is 24.3 Å². The molecule has 1 aromatic heterocycles. The Morgan fingerprint density at radius 2 is 1.90 bits per heavy atom. The summed E-state index contributed by atoms with van der Waals surface area (Å²) >= 11 is 0. The Kier molecular flexibility index (Phi) is 4.95. The van der Waals surface area contributed by atoms with Crippen LogP contribution in [0.3, 0.4) is 0 Å². The van der Waals surface area contributed by atoms with E-state index in [4.69, 9.17) is 14.6 Å². The third-order valence-electron chi connectivity index (χ3n) is 3.03. The zero-order valence-electron chi connectivity index (χ0n) is 11.7. The summed E-state index contributed by atoms with van der Waals surface area (Å²) in [5, 5.41) is 17.1. The summed E-state index contributed by atoms with van der Waals surface area (Å²) in [6, 6.07) is 7.43. The molecule has 0 radical (unpaired) electrons. The first-order chi connectivity index (χ1) is 9.78. The number of rotatable bonds is 7. The van der Waals surface area contributed by atoms with E-state index in [-0.39, 0.29) is 6.61 Å². The van der Waals surface area contributed by atoms with Crippen LogP contribution in [0.4, 0.5) is 0 Å². The van der Waals surface area contributed by atoms with Gasteiger partial charge >= 0.3 is 0 Å². The highest BCUT2D eigenvalue weighted by Gasteiger charge is 2.09. The Bertz CT molecular complexity index is 537. The standard InChI is InChI=1S/C14H19N3O3/c1-3-14-13(10-18)15-16-17(14)8-9-20-12-6-4-11(19-2)5-7-12/h4-7,18H,3,8-10H2,1-2H3. The maximum absolute atomic E-state index is 9.16. The van der Waals surface area contributed by atoms with Crippen LogP contribution in [-0.4, -0.2) is 33.8 Å². The number of aliphatic hydroxyl groups is 1. The lowest BCUT2D eigenvalue weighted by molar-refractivity contribution is 0.274. The topological polar surface area (TPSA) is 69.4 Å². The van der Waals surface area contributed by atoms with Gasteiger partial charge < -0.3 is 14.6 Å². The molecule has 0 spiro atoms. The molecule has 0 bridgehead atoms. The van der Waals surface area contributed by atoms with E-state index in [2.05, 4.69) is 10.3 Å². The zero-order chi connectivity index (χ0) is 14.4. The molecule has 108 valence electrons. The molecule has 0 aliphatic carbocycles. The van der Waals surface area contributed by atoms with E-state index in [9.17, 15) is 0 Å². The summed E-state index contributed by atoms with van der Waals surface area (Å²) < 4.78 is 12.5. The lowest BCUT2D eigenvalue weighted by Gasteiger charge is -2.08. The Morgan fingerprint density at radius 1 is 1.20 bits per heavy atom. The van der Waals surface area contributed by atoms with Crippen molar-refractivity contribution in [2.24, 2.45) is 0 Å². The molecule has 0 aliphatic rings. The van der Waals surface area contributed by atoms with Gasteiger partial charge in [-0.15, -0.1) is 5.10 Å². The van der Waals surface area contributed by atoms with Gasteiger partial charge in [0.15, 0.2) is 0 Å². The second-order valence-corrected chi connectivity index (χ2v) is 4.24. The Hall–Kier alpha value is -2.08. The van der Waals surface area contributed by atoms with Crippen molar-refractivity contribution in [3.05, 3.63) is 35.7 Å². The molecule has 0 fully saturated rings. The average Bonchev–Trinajstić information content (AvgIpc) is 2.90. The third kappa shape index (κ3) is 3.27. The molecule has 2 rings (SSSR count). The molecule has 0 saturated heterocycles. The molecular formula is C14H19N3O3. The van der Waals surface area contributed by atoms with Gasteiger partial charge in [0, 0.05) is 0 Å². The van der Waals surface area contributed by atoms with E-state index in [1.807, 2.05) is 31.2 Å². The fraction of sp³-hybridized carbons (Fsp3) is 0.429. The number of ether oxygens (including phenoxy) is 2. The van der Waals surface area contributed by atoms with E-state index in [0.29, 0.717) is 18.8 Å². The minimum absolute atomic E-state index is 0.0808. The van der Waals surface area contributed by atoms with Crippen molar-refractivity contribution in [3.63, 3.8) is 0 Å². The number of aliphatic hydroxyl groups excluding tert-OH is 1. The van der Waals surface area contributed by atoms with Gasteiger partial charge in [-0.05, 0) is 30.7 Å². The molecule has 0 unspecified atom stereocenters. The van der Waals surface area contributed by atoms with Crippen LogP contribution < -0.4 is 9.47 Å². The summed E-state index contributed by atoms with van der Waals surface area (Å²) in [6.45, 7) is 3.02. The summed E-state index contributed by atoms with van der Waals surface area (Å²) in [5.74, 6) is 1.58. The number of nitrogens with zero attached hydrogens (tertiary/aromatic N) is 3. The predicted octanol–water partition coefficient (Wildman–Crippen LogP) is 1.42. The van der Waals surface area contributed by atoms with Gasteiger partial charge in [0.05, 0.1) is 26.0 Å². The van der Waals surface area contributed by atoms with Crippen molar-refractivity contribution in [1.82, 2.24) is 15.0 Å². The molecule has 6 nitrogen and oxygen atoms in total. The fourth-order valence-corrected chi connectivity index (χ4v) is 1.98. The number of aromatic nitrogens is 3. The largest absolute Gasteiger partial charge is 0.497 e. The maximum atomic E-state index is 9.16. The van der Waals surface area contributed by atoms with Crippen LogP contribution >= 0.6 is 0 Å². The Labute approximate surface area is 117 Å². The molecule has 0 atom stereocenters. The van der Waals surface area contributed by atoms with Crippen LogP contribution in [0.5, 0.6) is 11.5 Å². The van der Waals surface area contributed by atoms with Crippen LogP contribution in [-0.2, 0) is 19.6 Å². The second-order valence-electron chi connectivity index (χ2n) is 4.24. The second kappa shape index (κ2) is 6.91. The van der Waals surface area contributed by atoms with Gasteiger partial charge in [0.25, 0.3) is 0 Å². The number of methoxy groups -OCH3 is 1. The average molecular weight is 277 g/mol. The molecule has 1 aromatic carbocycles. The molecule has 0 amide bonds. The lowest BCUT2D eigenvalue weighted by atomic mass is 10.2. The fourth-order valence-electron chi connectivity index (χ4n) is 1.98. The van der Waals surface area contributed by atoms with E-state index in [1.54, 1.807) is 11.8 Å². The van der Waals surface area contributed by atoms with Crippen LogP contribution in [0.25, 0.3) is 0 Å². The van der Waals surface area contributed by atoms with Gasteiger partial charge in [-0.1, -0.05) is 12.1 Å². The van der Waals surface area contributed by atoms with Crippen molar-refractivity contribution in [2.45, 2.75) is 26.5 Å². The molecule has 6 heteroatoms. The molecule has 1 N–H and O–H groups in total. The normalized spacial score (nSPS) is 10.6. The molecule has 1 heterocycles. The monoisotopic (exact) mass is 277 g/mol. The first-order valence-electron chi connectivity index (χ1n) is 6.57. The van der Waals surface area contributed by atoms with Crippen molar-refractivity contribution in [2.75, 3.05) is 13.7 Å². The van der Waals surface area contributed by atoms with Crippen LogP contribution in [0, 0.1) is 0 Å². The van der Waals surface area contributed by atoms with Crippen LogP contribution in [0.2, 0.25) is 0 Å². The van der Waals surface area contributed by atoms with Crippen molar-refractivity contribution >= 4 is 0 Å². The molecule has 0 aliphatic heterocycles. The van der Waals surface area contributed by atoms with Gasteiger partial charge in [0.1, 0.15) is 23.8 Å². The van der Waals surface area contributed by atoms with Crippen molar-refractivity contribution in [1.29, 1.82) is 0 Å². The lowest BCUT2D eigenvalue weighted by Crippen LogP contribution is -2.12. The Morgan fingerprint density at radius 3 is 2.50 bits per heavy atom. The maximum Gasteiger partial charge on any atom is 0.119 e. The van der Waals surface area contributed by atoms with Gasteiger partial charge in [-0.3, -0.25) is 0 Å². The van der Waals surface area contributed by atoms with Gasteiger partial charge in [-0.25, -0.2) is 4.68 Å². The molecule has 20 heavy (non-hydrogen) atoms. The molecule has 2 aromatic rings. The van der Waals surface area contributed by atoms with Crippen molar-refractivity contribution in [3.8, 4) is 11.5 Å². The highest BCUT2D eigenvalue weighted by molar-refractivity contribution is 5.31. The minimum atomic E-state index is -0.0808. The highest BCUT2D eigenvalue weighted by atomic mass is 16.5. The quantitative estimate of drug-likeness (QED) is 0.829.